The van der Waals surface area contributed by atoms with Gasteiger partial charge in [-0.3, -0.25) is 4.79 Å². The van der Waals surface area contributed by atoms with Crippen LogP contribution in [0.1, 0.15) is 77.0 Å². The van der Waals surface area contributed by atoms with Crippen molar-refractivity contribution in [1.29, 1.82) is 0 Å². The Labute approximate surface area is 185 Å². The standard InChI is InChI=1S/C24H34N2O4S/c1-17-11-14-20(15-12-17)31(28,29)22-18(2)25-26(24(3,4)5)23(22)30-21(27)16-13-19-9-7-6-8-10-19/h11-12,14-15,19H,6-10,13,16H2,1-5H3. The molecule has 170 valence electrons. The summed E-state index contributed by atoms with van der Waals surface area (Å²) in [6.45, 7) is 9.25. The predicted molar refractivity (Wildman–Crippen MR) is 120 cm³/mol. The Morgan fingerprint density at radius 3 is 2.29 bits per heavy atom. The molecular weight excluding hydrogens is 412 g/mol. The van der Waals surface area contributed by atoms with Crippen LogP contribution in [-0.4, -0.2) is 24.2 Å². The Balaban J connectivity index is 1.94. The normalized spacial score (nSPS) is 15.8. The molecule has 0 unspecified atom stereocenters. The number of benzene rings is 1. The van der Waals surface area contributed by atoms with Crippen LogP contribution in [0.25, 0.3) is 0 Å². The quantitative estimate of drug-likeness (QED) is 0.559. The Bertz CT molecular complexity index is 1020. The molecule has 31 heavy (non-hydrogen) atoms. The average molecular weight is 447 g/mol. The van der Waals surface area contributed by atoms with E-state index < -0.39 is 21.3 Å². The molecule has 0 aliphatic heterocycles. The van der Waals surface area contributed by atoms with Crippen molar-refractivity contribution in [1.82, 2.24) is 9.78 Å². The Kier molecular flexibility index (Phi) is 6.94. The maximum atomic E-state index is 13.5. The minimum atomic E-state index is -3.90. The topological polar surface area (TPSA) is 78.3 Å². The van der Waals surface area contributed by atoms with E-state index in [1.54, 1.807) is 31.2 Å². The summed E-state index contributed by atoms with van der Waals surface area (Å²) in [5.74, 6) is 0.155. The average Bonchev–Trinajstić information content (AvgIpc) is 3.04. The van der Waals surface area contributed by atoms with E-state index in [4.69, 9.17) is 4.74 Å². The fourth-order valence-corrected chi connectivity index (χ4v) is 5.66. The first-order chi connectivity index (χ1) is 14.5. The molecule has 0 bridgehead atoms. The lowest BCUT2D eigenvalue weighted by Gasteiger charge is -2.23. The molecule has 1 aliphatic carbocycles. The van der Waals surface area contributed by atoms with Crippen molar-refractivity contribution in [3.05, 3.63) is 35.5 Å². The number of nitrogens with zero attached hydrogens (tertiary/aromatic N) is 2. The van der Waals surface area contributed by atoms with Crippen LogP contribution in [0.3, 0.4) is 0 Å². The number of carbonyl (C=O) groups is 1. The van der Waals surface area contributed by atoms with Crippen molar-refractivity contribution in [2.24, 2.45) is 5.92 Å². The number of hydrogen-bond donors (Lipinski definition) is 0. The molecular formula is C24H34N2O4S. The van der Waals surface area contributed by atoms with Gasteiger partial charge in [-0.25, -0.2) is 13.1 Å². The lowest BCUT2D eigenvalue weighted by molar-refractivity contribution is -0.135. The molecule has 0 saturated heterocycles. The van der Waals surface area contributed by atoms with Gasteiger partial charge in [-0.2, -0.15) is 5.10 Å². The van der Waals surface area contributed by atoms with E-state index in [1.807, 2.05) is 27.7 Å². The maximum absolute atomic E-state index is 13.5. The summed E-state index contributed by atoms with van der Waals surface area (Å²) >= 11 is 0. The molecule has 0 atom stereocenters. The van der Waals surface area contributed by atoms with Gasteiger partial charge in [0.1, 0.15) is 0 Å². The highest BCUT2D eigenvalue weighted by molar-refractivity contribution is 7.91. The molecule has 1 aromatic carbocycles. The Morgan fingerprint density at radius 1 is 1.10 bits per heavy atom. The minimum Gasteiger partial charge on any atom is -0.406 e. The van der Waals surface area contributed by atoms with Crippen LogP contribution in [0.2, 0.25) is 0 Å². The summed E-state index contributed by atoms with van der Waals surface area (Å²) in [6.07, 6.45) is 7.07. The fourth-order valence-electron chi connectivity index (χ4n) is 4.14. The Morgan fingerprint density at radius 2 is 1.71 bits per heavy atom. The first kappa shape index (κ1) is 23.5. The second kappa shape index (κ2) is 9.15. The zero-order chi connectivity index (χ0) is 22.8. The summed E-state index contributed by atoms with van der Waals surface area (Å²) in [5, 5.41) is 4.45. The van der Waals surface area contributed by atoms with Crippen molar-refractivity contribution < 1.29 is 17.9 Å². The highest BCUT2D eigenvalue weighted by atomic mass is 32.2. The molecule has 0 N–H and O–H groups in total. The van der Waals surface area contributed by atoms with Gasteiger partial charge in [0.25, 0.3) is 0 Å². The number of sulfone groups is 1. The number of rotatable bonds is 6. The third-order valence-corrected chi connectivity index (χ3v) is 7.79. The van der Waals surface area contributed by atoms with E-state index in [-0.39, 0.29) is 22.1 Å². The van der Waals surface area contributed by atoms with Crippen LogP contribution in [0, 0.1) is 19.8 Å². The monoisotopic (exact) mass is 446 g/mol. The number of ether oxygens (including phenoxy) is 1. The third-order valence-electron chi connectivity index (χ3n) is 5.89. The van der Waals surface area contributed by atoms with E-state index >= 15 is 0 Å². The first-order valence-corrected chi connectivity index (χ1v) is 12.6. The number of esters is 1. The third kappa shape index (κ3) is 5.37. The van der Waals surface area contributed by atoms with E-state index in [9.17, 15) is 13.2 Å². The number of aryl methyl sites for hydroxylation is 2. The number of hydrogen-bond acceptors (Lipinski definition) is 5. The van der Waals surface area contributed by atoms with Gasteiger partial charge in [0, 0.05) is 6.42 Å². The van der Waals surface area contributed by atoms with Crippen LogP contribution in [0.15, 0.2) is 34.1 Å². The molecule has 1 saturated carbocycles. The van der Waals surface area contributed by atoms with Crippen LogP contribution >= 0.6 is 0 Å². The van der Waals surface area contributed by atoms with Crippen molar-refractivity contribution >= 4 is 15.8 Å². The van der Waals surface area contributed by atoms with Gasteiger partial charge in [0.2, 0.25) is 15.7 Å². The van der Waals surface area contributed by atoms with Crippen LogP contribution in [0.5, 0.6) is 5.88 Å². The second-order valence-electron chi connectivity index (χ2n) is 9.64. The van der Waals surface area contributed by atoms with Gasteiger partial charge in [0.15, 0.2) is 4.90 Å². The molecule has 0 spiro atoms. The summed E-state index contributed by atoms with van der Waals surface area (Å²) in [6, 6.07) is 6.67. The minimum absolute atomic E-state index is 0.0132. The molecule has 0 amide bonds. The molecule has 0 radical (unpaired) electrons. The summed E-state index contributed by atoms with van der Waals surface area (Å²) in [5.41, 5.74) is 0.742. The van der Waals surface area contributed by atoms with E-state index in [2.05, 4.69) is 5.10 Å². The second-order valence-corrected chi connectivity index (χ2v) is 11.5. The van der Waals surface area contributed by atoms with Crippen molar-refractivity contribution in [2.75, 3.05) is 0 Å². The molecule has 1 aliphatic rings. The van der Waals surface area contributed by atoms with Gasteiger partial charge in [-0.05, 0) is 59.1 Å². The number of carbonyl (C=O) groups excluding carboxylic acids is 1. The summed E-state index contributed by atoms with van der Waals surface area (Å²) in [4.78, 5) is 12.9. The number of aromatic nitrogens is 2. The van der Waals surface area contributed by atoms with Crippen molar-refractivity contribution in [3.63, 3.8) is 0 Å². The summed E-state index contributed by atoms with van der Waals surface area (Å²) in [7, 11) is -3.90. The molecule has 7 heteroatoms. The van der Waals surface area contributed by atoms with Gasteiger partial charge < -0.3 is 4.74 Å². The van der Waals surface area contributed by atoms with Gasteiger partial charge >= 0.3 is 5.97 Å². The lowest BCUT2D eigenvalue weighted by Crippen LogP contribution is -2.26. The zero-order valence-corrected chi connectivity index (χ0v) is 20.1. The molecule has 6 nitrogen and oxygen atoms in total. The molecule has 1 heterocycles. The highest BCUT2D eigenvalue weighted by Crippen LogP contribution is 2.36. The highest BCUT2D eigenvalue weighted by Gasteiger charge is 2.34. The van der Waals surface area contributed by atoms with Crippen LogP contribution in [0.4, 0.5) is 0 Å². The van der Waals surface area contributed by atoms with E-state index in [0.29, 0.717) is 11.6 Å². The zero-order valence-electron chi connectivity index (χ0n) is 19.3. The Hall–Kier alpha value is -2.15. The molecule has 1 aromatic heterocycles. The SMILES string of the molecule is Cc1ccc(S(=O)(=O)c2c(C)nn(C(C)(C)C)c2OC(=O)CCC2CCCCC2)cc1. The van der Waals surface area contributed by atoms with Crippen molar-refractivity contribution in [3.8, 4) is 5.88 Å². The van der Waals surface area contributed by atoms with Crippen molar-refractivity contribution in [2.45, 2.75) is 94.9 Å². The molecule has 1 fully saturated rings. The lowest BCUT2D eigenvalue weighted by atomic mass is 9.86. The van der Waals surface area contributed by atoms with Gasteiger partial charge in [-0.15, -0.1) is 0 Å². The largest absolute Gasteiger partial charge is 0.406 e. The predicted octanol–water partition coefficient (Wildman–Crippen LogP) is 5.35. The van der Waals surface area contributed by atoms with E-state index in [1.165, 1.54) is 23.9 Å². The van der Waals surface area contributed by atoms with E-state index in [0.717, 1.165) is 24.8 Å². The van der Waals surface area contributed by atoms with Crippen LogP contribution < -0.4 is 4.74 Å². The molecule has 3 rings (SSSR count). The first-order valence-electron chi connectivity index (χ1n) is 11.1. The van der Waals surface area contributed by atoms with Gasteiger partial charge in [-0.1, -0.05) is 49.8 Å². The van der Waals surface area contributed by atoms with Crippen LogP contribution in [-0.2, 0) is 20.2 Å². The fraction of sp³-hybridized carbons (Fsp3) is 0.583. The molecule has 2 aromatic rings. The smallest absolute Gasteiger partial charge is 0.312 e. The van der Waals surface area contributed by atoms with Gasteiger partial charge in [0.05, 0.1) is 16.1 Å². The maximum Gasteiger partial charge on any atom is 0.312 e. The summed E-state index contributed by atoms with van der Waals surface area (Å²) < 4.78 is 34.2.